The van der Waals surface area contributed by atoms with E-state index in [0.717, 1.165) is 24.1 Å². The summed E-state index contributed by atoms with van der Waals surface area (Å²) in [6.07, 6.45) is -2.17. The number of carbonyl (C=O) groups excluding carboxylic acids is 1. The Hall–Kier alpha value is -3.11. The summed E-state index contributed by atoms with van der Waals surface area (Å²) in [6, 6.07) is 14.6. The molecule has 1 amide bonds. The van der Waals surface area contributed by atoms with E-state index in [1.165, 1.54) is 16.0 Å². The van der Waals surface area contributed by atoms with Crippen LogP contribution in [-0.4, -0.2) is 67.2 Å². The number of halogens is 3. The Morgan fingerprint density at radius 3 is 2.63 bits per heavy atom. The van der Waals surface area contributed by atoms with E-state index < -0.39 is 12.7 Å². The molecule has 1 atom stereocenters. The Labute approximate surface area is 202 Å². The molecule has 3 aliphatic rings. The topological polar surface area (TPSA) is 69.2 Å². The molecule has 1 fully saturated rings. The van der Waals surface area contributed by atoms with Gasteiger partial charge in [0, 0.05) is 37.4 Å². The van der Waals surface area contributed by atoms with Crippen LogP contribution in [0.15, 0.2) is 47.5 Å². The molecule has 0 bridgehead atoms. The SMILES string of the molecule is O=C(CN1CCN(CC(F)(F)F)CC1)Nc1ccc2c(c1)COC(N[C@@H]1CCc3ccccc31)=N2. The van der Waals surface area contributed by atoms with Gasteiger partial charge in [-0.05, 0) is 42.2 Å². The van der Waals surface area contributed by atoms with E-state index in [1.54, 1.807) is 6.07 Å². The number of anilines is 1. The lowest BCUT2D eigenvalue weighted by Crippen LogP contribution is -2.50. The number of amides is 1. The number of aryl methyl sites for hydroxylation is 1. The Balaban J connectivity index is 1.13. The number of benzene rings is 2. The van der Waals surface area contributed by atoms with E-state index in [1.807, 2.05) is 23.1 Å². The lowest BCUT2D eigenvalue weighted by molar-refractivity contribution is -0.149. The molecule has 5 rings (SSSR count). The minimum atomic E-state index is -4.20. The highest BCUT2D eigenvalue weighted by Crippen LogP contribution is 2.32. The van der Waals surface area contributed by atoms with E-state index in [9.17, 15) is 18.0 Å². The highest BCUT2D eigenvalue weighted by molar-refractivity contribution is 5.92. The number of carbonyl (C=O) groups is 1. The zero-order valence-electron chi connectivity index (χ0n) is 19.3. The van der Waals surface area contributed by atoms with E-state index in [-0.39, 0.29) is 18.5 Å². The van der Waals surface area contributed by atoms with Crippen molar-refractivity contribution in [2.45, 2.75) is 31.7 Å². The third-order valence-electron chi connectivity index (χ3n) is 6.62. The molecule has 7 nitrogen and oxygen atoms in total. The first-order valence-electron chi connectivity index (χ1n) is 11.8. The standard InChI is InChI=1S/C25H28F3N5O2/c26-25(27,28)16-33-11-9-32(10-12-33)14-23(34)29-19-6-8-21-18(13-19)15-35-24(30-21)31-22-7-5-17-3-1-2-4-20(17)22/h1-4,6,8,13,22H,5,7,9-12,14-16H2,(H,29,34)(H,30,31)/t22-/m1/s1. The molecule has 2 heterocycles. The van der Waals surface area contributed by atoms with Crippen molar-refractivity contribution < 1.29 is 22.7 Å². The summed E-state index contributed by atoms with van der Waals surface area (Å²) < 4.78 is 43.4. The summed E-state index contributed by atoms with van der Waals surface area (Å²) in [5.74, 6) is -0.197. The van der Waals surface area contributed by atoms with Crippen LogP contribution < -0.4 is 10.6 Å². The molecule has 10 heteroatoms. The molecule has 0 radical (unpaired) electrons. The maximum atomic E-state index is 12.5. The van der Waals surface area contributed by atoms with Crippen LogP contribution in [0.25, 0.3) is 0 Å². The van der Waals surface area contributed by atoms with Gasteiger partial charge in [0.05, 0.1) is 24.8 Å². The minimum Gasteiger partial charge on any atom is -0.460 e. The van der Waals surface area contributed by atoms with Crippen molar-refractivity contribution in [1.82, 2.24) is 15.1 Å². The molecule has 2 aromatic carbocycles. The van der Waals surface area contributed by atoms with Gasteiger partial charge in [-0.1, -0.05) is 24.3 Å². The number of hydrogen-bond donors (Lipinski definition) is 2. The summed E-state index contributed by atoms with van der Waals surface area (Å²) in [6.45, 7) is 1.03. The van der Waals surface area contributed by atoms with Crippen LogP contribution >= 0.6 is 0 Å². The quantitative estimate of drug-likeness (QED) is 0.675. The molecule has 0 aromatic heterocycles. The second-order valence-electron chi connectivity index (χ2n) is 9.20. The molecule has 2 N–H and O–H groups in total. The number of aliphatic imine (C=N–C) groups is 1. The van der Waals surface area contributed by atoms with E-state index in [0.29, 0.717) is 44.5 Å². The predicted molar refractivity (Wildman–Crippen MR) is 127 cm³/mol. The van der Waals surface area contributed by atoms with E-state index in [4.69, 9.17) is 4.74 Å². The molecular formula is C25H28F3N5O2. The van der Waals surface area contributed by atoms with Crippen LogP contribution in [0.1, 0.15) is 29.2 Å². The fourth-order valence-electron chi connectivity index (χ4n) is 4.87. The monoisotopic (exact) mass is 487 g/mol. The van der Waals surface area contributed by atoms with Crippen LogP contribution in [0.4, 0.5) is 24.5 Å². The number of nitrogens with zero attached hydrogens (tertiary/aromatic N) is 3. The molecule has 186 valence electrons. The van der Waals surface area contributed by atoms with Crippen molar-refractivity contribution >= 4 is 23.3 Å². The van der Waals surface area contributed by atoms with Gasteiger partial charge in [0.1, 0.15) is 6.61 Å². The molecule has 35 heavy (non-hydrogen) atoms. The number of ether oxygens (including phenoxy) is 1. The van der Waals surface area contributed by atoms with Gasteiger partial charge in [-0.25, -0.2) is 0 Å². The third kappa shape index (κ3) is 5.94. The van der Waals surface area contributed by atoms with Crippen LogP contribution in [0.2, 0.25) is 0 Å². The summed E-state index contributed by atoms with van der Waals surface area (Å²) >= 11 is 0. The van der Waals surface area contributed by atoms with Crippen molar-refractivity contribution in [3.05, 3.63) is 59.2 Å². The summed E-state index contributed by atoms with van der Waals surface area (Å²) in [5, 5.41) is 6.29. The molecule has 1 saturated heterocycles. The highest BCUT2D eigenvalue weighted by atomic mass is 19.4. The van der Waals surface area contributed by atoms with Crippen molar-refractivity contribution in [2.75, 3.05) is 44.6 Å². The number of alkyl halides is 3. The maximum Gasteiger partial charge on any atom is 0.401 e. The normalized spacial score (nSPS) is 20.4. The molecular weight excluding hydrogens is 459 g/mol. The summed E-state index contributed by atoms with van der Waals surface area (Å²) in [4.78, 5) is 20.3. The lowest BCUT2D eigenvalue weighted by atomic mass is 10.1. The van der Waals surface area contributed by atoms with Crippen LogP contribution in [-0.2, 0) is 22.6 Å². The Morgan fingerprint density at radius 1 is 1.06 bits per heavy atom. The number of piperazine rings is 1. The molecule has 0 saturated carbocycles. The van der Waals surface area contributed by atoms with Gasteiger partial charge < -0.3 is 15.4 Å². The summed E-state index contributed by atoms with van der Waals surface area (Å²) in [7, 11) is 0. The Bertz CT molecular complexity index is 1110. The Morgan fingerprint density at radius 2 is 1.83 bits per heavy atom. The predicted octanol–water partition coefficient (Wildman–Crippen LogP) is 3.60. The number of nitrogens with one attached hydrogen (secondary N) is 2. The highest BCUT2D eigenvalue weighted by Gasteiger charge is 2.32. The van der Waals surface area contributed by atoms with Gasteiger partial charge in [0.15, 0.2) is 0 Å². The molecule has 0 unspecified atom stereocenters. The third-order valence-corrected chi connectivity index (χ3v) is 6.62. The average molecular weight is 488 g/mol. The van der Waals surface area contributed by atoms with Gasteiger partial charge in [-0.2, -0.15) is 18.2 Å². The number of hydrogen-bond acceptors (Lipinski definition) is 6. The smallest absolute Gasteiger partial charge is 0.401 e. The second-order valence-corrected chi connectivity index (χ2v) is 9.20. The zero-order chi connectivity index (χ0) is 24.4. The molecule has 2 aliphatic heterocycles. The van der Waals surface area contributed by atoms with Crippen LogP contribution in [0.5, 0.6) is 0 Å². The largest absolute Gasteiger partial charge is 0.460 e. The van der Waals surface area contributed by atoms with Gasteiger partial charge in [0.25, 0.3) is 6.02 Å². The van der Waals surface area contributed by atoms with E-state index in [2.05, 4.69) is 33.8 Å². The minimum absolute atomic E-state index is 0.141. The van der Waals surface area contributed by atoms with Crippen molar-refractivity contribution in [1.29, 1.82) is 0 Å². The van der Waals surface area contributed by atoms with E-state index >= 15 is 0 Å². The maximum absolute atomic E-state index is 12.5. The first kappa shape index (κ1) is 23.6. The van der Waals surface area contributed by atoms with Crippen molar-refractivity contribution in [3.63, 3.8) is 0 Å². The van der Waals surface area contributed by atoms with Gasteiger partial charge in [-0.3, -0.25) is 14.6 Å². The number of amidine groups is 1. The van der Waals surface area contributed by atoms with Crippen LogP contribution in [0.3, 0.4) is 0 Å². The fourth-order valence-corrected chi connectivity index (χ4v) is 4.87. The molecule has 2 aromatic rings. The first-order chi connectivity index (χ1) is 16.8. The van der Waals surface area contributed by atoms with Gasteiger partial charge in [0.2, 0.25) is 5.91 Å². The lowest BCUT2D eigenvalue weighted by Gasteiger charge is -2.34. The molecule has 0 spiro atoms. The number of rotatable bonds is 5. The fraction of sp³-hybridized carbons (Fsp3) is 0.440. The first-order valence-corrected chi connectivity index (χ1v) is 11.8. The number of fused-ring (bicyclic) bond motifs is 2. The van der Waals surface area contributed by atoms with Crippen LogP contribution in [0, 0.1) is 0 Å². The summed E-state index contributed by atoms with van der Waals surface area (Å²) in [5.41, 5.74) is 4.95. The average Bonchev–Trinajstić information content (AvgIpc) is 3.22. The Kier molecular flexibility index (Phi) is 6.66. The zero-order valence-corrected chi connectivity index (χ0v) is 19.3. The van der Waals surface area contributed by atoms with Crippen molar-refractivity contribution in [2.24, 2.45) is 4.99 Å². The second kappa shape index (κ2) is 9.87. The van der Waals surface area contributed by atoms with Gasteiger partial charge >= 0.3 is 6.18 Å². The van der Waals surface area contributed by atoms with Crippen molar-refractivity contribution in [3.8, 4) is 0 Å². The van der Waals surface area contributed by atoms with Gasteiger partial charge in [-0.15, -0.1) is 0 Å². The molecule has 1 aliphatic carbocycles.